The molecule has 35 heavy (non-hydrogen) atoms. The summed E-state index contributed by atoms with van der Waals surface area (Å²) in [4.78, 5) is 21.0. The predicted octanol–water partition coefficient (Wildman–Crippen LogP) is 5.16. The van der Waals surface area contributed by atoms with Crippen LogP contribution in [-0.2, 0) is 19.0 Å². The Balaban J connectivity index is 1.36. The standard InChI is InChI=1S/C24H21F3N6O2/c1-35-19-10-7-14(11-17(19)24(25,26)27)32-23(34)31-13-5-8-15(9-6-13)33-18-4-2-3-16(18)20-21(33)22(28)30-12-29-20/h5-12H,2-4H2,1H3,(H2,28,29,30)(H2,31,32,34). The fraction of sp³-hybridized carbons (Fsp3) is 0.208. The highest BCUT2D eigenvalue weighted by Gasteiger charge is 2.34. The molecule has 0 spiro atoms. The minimum absolute atomic E-state index is 0.0166. The van der Waals surface area contributed by atoms with Crippen molar-refractivity contribution in [3.63, 3.8) is 0 Å². The van der Waals surface area contributed by atoms with Gasteiger partial charge in [-0.05, 0) is 67.3 Å². The molecule has 2 heterocycles. The maximum Gasteiger partial charge on any atom is 0.420 e. The summed E-state index contributed by atoms with van der Waals surface area (Å²) >= 11 is 0. The number of hydrogen-bond donors (Lipinski definition) is 3. The van der Waals surface area contributed by atoms with Gasteiger partial charge in [0.05, 0.1) is 18.2 Å². The van der Waals surface area contributed by atoms with Crippen molar-refractivity contribution in [2.24, 2.45) is 0 Å². The molecular formula is C24H21F3N6O2. The average Bonchev–Trinajstić information content (AvgIpc) is 3.41. The number of urea groups is 1. The van der Waals surface area contributed by atoms with Crippen LogP contribution in [0.3, 0.4) is 0 Å². The molecule has 0 unspecified atom stereocenters. The number of alkyl halides is 3. The molecule has 0 fully saturated rings. The summed E-state index contributed by atoms with van der Waals surface area (Å²) in [6, 6.07) is 9.70. The van der Waals surface area contributed by atoms with Crippen LogP contribution in [-0.4, -0.2) is 27.7 Å². The van der Waals surface area contributed by atoms with E-state index in [0.29, 0.717) is 11.5 Å². The van der Waals surface area contributed by atoms with Gasteiger partial charge in [0, 0.05) is 22.8 Å². The van der Waals surface area contributed by atoms with Gasteiger partial charge in [-0.15, -0.1) is 0 Å². The second kappa shape index (κ2) is 8.49. The molecule has 0 atom stereocenters. The zero-order valence-corrected chi connectivity index (χ0v) is 18.6. The van der Waals surface area contributed by atoms with E-state index in [2.05, 4.69) is 20.6 Å². The highest BCUT2D eigenvalue weighted by Crippen LogP contribution is 2.38. The summed E-state index contributed by atoms with van der Waals surface area (Å²) in [6.45, 7) is 0. The number of aromatic nitrogens is 3. The normalized spacial score (nSPS) is 13.0. The van der Waals surface area contributed by atoms with Gasteiger partial charge < -0.3 is 25.7 Å². The topological polar surface area (TPSA) is 107 Å². The quantitative estimate of drug-likeness (QED) is 0.372. The SMILES string of the molecule is COc1ccc(NC(=O)Nc2ccc(-n3c4c(c5ncnc(N)c53)CCC4)cc2)cc1C(F)(F)F. The molecule has 0 radical (unpaired) electrons. The summed E-state index contributed by atoms with van der Waals surface area (Å²) in [5.74, 6) is 0.0674. The van der Waals surface area contributed by atoms with Gasteiger partial charge in [0.15, 0.2) is 5.82 Å². The van der Waals surface area contributed by atoms with Crippen molar-refractivity contribution >= 4 is 34.3 Å². The van der Waals surface area contributed by atoms with Crippen LogP contribution < -0.4 is 21.1 Å². The molecule has 4 aromatic rings. The van der Waals surface area contributed by atoms with Crippen molar-refractivity contribution in [2.75, 3.05) is 23.5 Å². The first kappa shape index (κ1) is 22.5. The number of carbonyl (C=O) groups excluding carboxylic acids is 1. The number of benzene rings is 2. The number of nitrogens with zero attached hydrogens (tertiary/aromatic N) is 3. The number of rotatable bonds is 4. The molecule has 0 saturated carbocycles. The Morgan fingerprint density at radius 2 is 1.77 bits per heavy atom. The summed E-state index contributed by atoms with van der Waals surface area (Å²) in [6.07, 6.45) is -0.295. The average molecular weight is 482 g/mol. The van der Waals surface area contributed by atoms with Crippen LogP contribution in [0, 0.1) is 0 Å². The molecule has 180 valence electrons. The molecule has 0 bridgehead atoms. The number of ether oxygens (including phenoxy) is 1. The van der Waals surface area contributed by atoms with Gasteiger partial charge in [0.1, 0.15) is 17.6 Å². The molecule has 1 aliphatic carbocycles. The van der Waals surface area contributed by atoms with E-state index in [1.54, 1.807) is 12.1 Å². The molecule has 1 aliphatic rings. The van der Waals surface area contributed by atoms with Crippen molar-refractivity contribution in [3.05, 3.63) is 65.6 Å². The molecule has 11 heteroatoms. The van der Waals surface area contributed by atoms with E-state index < -0.39 is 17.8 Å². The molecule has 0 aliphatic heterocycles. The minimum atomic E-state index is -4.62. The number of hydrogen-bond acceptors (Lipinski definition) is 5. The number of amides is 2. The molecule has 5 rings (SSSR count). The summed E-state index contributed by atoms with van der Waals surface area (Å²) in [5.41, 5.74) is 10.4. The minimum Gasteiger partial charge on any atom is -0.496 e. The van der Waals surface area contributed by atoms with Crippen molar-refractivity contribution in [3.8, 4) is 11.4 Å². The number of aryl methyl sites for hydroxylation is 1. The van der Waals surface area contributed by atoms with Gasteiger partial charge in [-0.2, -0.15) is 13.2 Å². The number of fused-ring (bicyclic) bond motifs is 3. The van der Waals surface area contributed by atoms with Gasteiger partial charge in [-0.3, -0.25) is 0 Å². The number of carbonyl (C=O) groups is 1. The van der Waals surface area contributed by atoms with E-state index in [1.807, 2.05) is 16.7 Å². The first-order chi connectivity index (χ1) is 16.8. The van der Waals surface area contributed by atoms with E-state index in [0.717, 1.165) is 60.9 Å². The third-order valence-electron chi connectivity index (χ3n) is 5.96. The summed E-state index contributed by atoms with van der Waals surface area (Å²) < 4.78 is 46.5. The highest BCUT2D eigenvalue weighted by molar-refractivity contribution is 6.00. The van der Waals surface area contributed by atoms with Gasteiger partial charge in [0.2, 0.25) is 0 Å². The first-order valence-electron chi connectivity index (χ1n) is 10.8. The molecule has 0 saturated heterocycles. The monoisotopic (exact) mass is 482 g/mol. The number of halogens is 3. The van der Waals surface area contributed by atoms with Gasteiger partial charge in [-0.1, -0.05) is 0 Å². The summed E-state index contributed by atoms with van der Waals surface area (Å²) in [7, 11) is 1.15. The van der Waals surface area contributed by atoms with Crippen molar-refractivity contribution < 1.29 is 22.7 Å². The Morgan fingerprint density at radius 1 is 1.06 bits per heavy atom. The maximum absolute atomic E-state index is 13.2. The largest absolute Gasteiger partial charge is 0.496 e. The number of methoxy groups -OCH3 is 1. The van der Waals surface area contributed by atoms with Crippen LogP contribution in [0.4, 0.5) is 35.2 Å². The van der Waals surface area contributed by atoms with E-state index in [9.17, 15) is 18.0 Å². The zero-order valence-electron chi connectivity index (χ0n) is 18.6. The smallest absolute Gasteiger partial charge is 0.420 e. The van der Waals surface area contributed by atoms with Crippen LogP contribution in [0.25, 0.3) is 16.7 Å². The lowest BCUT2D eigenvalue weighted by atomic mass is 10.1. The van der Waals surface area contributed by atoms with Crippen molar-refractivity contribution in [1.82, 2.24) is 14.5 Å². The third-order valence-corrected chi connectivity index (χ3v) is 5.96. The molecule has 8 nitrogen and oxygen atoms in total. The van der Waals surface area contributed by atoms with E-state index in [1.165, 1.54) is 18.0 Å². The molecule has 2 amide bonds. The van der Waals surface area contributed by atoms with Gasteiger partial charge in [-0.25, -0.2) is 14.8 Å². The number of nitrogens with two attached hydrogens (primary N) is 1. The van der Waals surface area contributed by atoms with Crippen LogP contribution in [0.1, 0.15) is 23.2 Å². The predicted molar refractivity (Wildman–Crippen MR) is 126 cm³/mol. The molecule has 2 aromatic carbocycles. The lowest BCUT2D eigenvalue weighted by Gasteiger charge is -2.14. The second-order valence-corrected chi connectivity index (χ2v) is 8.11. The Bertz CT molecular complexity index is 1430. The Labute approximate surface area is 197 Å². The lowest BCUT2D eigenvalue weighted by Crippen LogP contribution is -2.20. The Kier molecular flexibility index (Phi) is 5.46. The Morgan fingerprint density at radius 3 is 2.49 bits per heavy atom. The van der Waals surface area contributed by atoms with E-state index >= 15 is 0 Å². The molecular weight excluding hydrogens is 461 g/mol. The first-order valence-corrected chi connectivity index (χ1v) is 10.8. The highest BCUT2D eigenvalue weighted by atomic mass is 19.4. The Hall–Kier alpha value is -4.28. The zero-order chi connectivity index (χ0) is 24.7. The molecule has 2 aromatic heterocycles. The van der Waals surface area contributed by atoms with E-state index in [4.69, 9.17) is 10.5 Å². The van der Waals surface area contributed by atoms with Crippen molar-refractivity contribution in [1.29, 1.82) is 0 Å². The van der Waals surface area contributed by atoms with Crippen molar-refractivity contribution in [2.45, 2.75) is 25.4 Å². The van der Waals surface area contributed by atoms with E-state index in [-0.39, 0.29) is 11.4 Å². The number of nitrogen functional groups attached to an aromatic ring is 1. The second-order valence-electron chi connectivity index (χ2n) is 8.11. The fourth-order valence-electron chi connectivity index (χ4n) is 4.48. The third kappa shape index (κ3) is 4.09. The van der Waals surface area contributed by atoms with Gasteiger partial charge in [0.25, 0.3) is 0 Å². The van der Waals surface area contributed by atoms with Crippen LogP contribution in [0.2, 0.25) is 0 Å². The van der Waals surface area contributed by atoms with Crippen LogP contribution in [0.15, 0.2) is 48.8 Å². The number of anilines is 3. The fourth-order valence-corrected chi connectivity index (χ4v) is 4.48. The summed E-state index contributed by atoms with van der Waals surface area (Å²) in [5, 5.41) is 5.05. The van der Waals surface area contributed by atoms with Crippen LogP contribution in [0.5, 0.6) is 5.75 Å². The molecule has 4 N–H and O–H groups in total. The van der Waals surface area contributed by atoms with Gasteiger partial charge >= 0.3 is 12.2 Å². The maximum atomic E-state index is 13.2. The number of nitrogens with one attached hydrogen (secondary N) is 2. The van der Waals surface area contributed by atoms with Crippen LogP contribution >= 0.6 is 0 Å². The lowest BCUT2D eigenvalue weighted by molar-refractivity contribution is -0.138.